The summed E-state index contributed by atoms with van der Waals surface area (Å²) >= 11 is 0. The van der Waals surface area contributed by atoms with E-state index in [-0.39, 0.29) is 16.7 Å². The number of Topliss-reactive ketones (excluding diaryl/α,β-unsaturated/α-hetero) is 1. The van der Waals surface area contributed by atoms with Gasteiger partial charge in [-0.05, 0) is 37.8 Å². The molecule has 1 aromatic rings. The summed E-state index contributed by atoms with van der Waals surface area (Å²) in [4.78, 5) is 14.8. The normalized spacial score (nSPS) is 23.2. The van der Waals surface area contributed by atoms with Crippen molar-refractivity contribution in [3.8, 4) is 0 Å². The molecule has 110 valence electrons. The first-order chi connectivity index (χ1) is 9.80. The quantitative estimate of drug-likeness (QED) is 0.756. The zero-order valence-electron chi connectivity index (χ0n) is 13.3. The molecule has 0 saturated heterocycles. The third kappa shape index (κ3) is 2.44. The van der Waals surface area contributed by atoms with Crippen LogP contribution in [0.2, 0.25) is 0 Å². The molecule has 3 rings (SSSR count). The van der Waals surface area contributed by atoms with E-state index in [1.54, 1.807) is 0 Å². The summed E-state index contributed by atoms with van der Waals surface area (Å²) in [6.07, 6.45) is 5.76. The lowest BCUT2D eigenvalue weighted by Crippen LogP contribution is -2.47. The topological polar surface area (TPSA) is 20.3 Å². The van der Waals surface area contributed by atoms with Crippen molar-refractivity contribution in [2.45, 2.75) is 46.1 Å². The number of ketones is 1. The van der Waals surface area contributed by atoms with Crippen molar-refractivity contribution in [3.63, 3.8) is 0 Å². The fourth-order valence-electron chi connectivity index (χ4n) is 3.47. The van der Waals surface area contributed by atoms with Gasteiger partial charge < -0.3 is 4.90 Å². The largest absolute Gasteiger partial charge is 0.335 e. The average molecular weight is 281 g/mol. The molecule has 2 aliphatic rings. The summed E-state index contributed by atoms with van der Waals surface area (Å²) in [5.74, 6) is 0.272. The van der Waals surface area contributed by atoms with Crippen molar-refractivity contribution < 1.29 is 4.79 Å². The van der Waals surface area contributed by atoms with E-state index in [4.69, 9.17) is 0 Å². The molecule has 0 bridgehead atoms. The van der Waals surface area contributed by atoms with Gasteiger partial charge in [0.05, 0.1) is 5.54 Å². The number of hydrogen-bond donors (Lipinski definition) is 0. The monoisotopic (exact) mass is 281 g/mol. The molecule has 0 atom stereocenters. The molecule has 0 amide bonds. The fourth-order valence-corrected chi connectivity index (χ4v) is 3.47. The molecule has 2 heteroatoms. The van der Waals surface area contributed by atoms with Crippen molar-refractivity contribution in [3.05, 3.63) is 53.8 Å². The number of allylic oxidation sites excluding steroid dienone is 3. The van der Waals surface area contributed by atoms with E-state index in [1.807, 2.05) is 12.1 Å². The fraction of sp³-hybridized carbons (Fsp3) is 0.421. The highest BCUT2D eigenvalue weighted by Crippen LogP contribution is 2.45. The maximum atomic E-state index is 12.5. The molecule has 0 unspecified atom stereocenters. The minimum Gasteiger partial charge on any atom is -0.335 e. The lowest BCUT2D eigenvalue weighted by Gasteiger charge is -2.47. The second-order valence-corrected chi connectivity index (χ2v) is 7.46. The number of benzene rings is 1. The zero-order valence-corrected chi connectivity index (χ0v) is 13.3. The Hall–Kier alpha value is -1.83. The van der Waals surface area contributed by atoms with Crippen LogP contribution in [0.3, 0.4) is 0 Å². The van der Waals surface area contributed by atoms with Crippen LogP contribution in [0.15, 0.2) is 53.8 Å². The Labute approximate surface area is 127 Å². The second kappa shape index (κ2) is 4.59. The molecule has 1 aromatic carbocycles. The molecule has 0 spiro atoms. The summed E-state index contributed by atoms with van der Waals surface area (Å²) in [5, 5.41) is 0. The molecule has 1 heterocycles. The van der Waals surface area contributed by atoms with Gasteiger partial charge in [0.1, 0.15) is 0 Å². The van der Waals surface area contributed by atoms with Gasteiger partial charge in [0.25, 0.3) is 0 Å². The van der Waals surface area contributed by atoms with Crippen LogP contribution in [0.1, 0.15) is 40.5 Å². The van der Waals surface area contributed by atoms with Crippen LogP contribution in [0.25, 0.3) is 0 Å². The molecule has 0 aromatic heterocycles. The maximum Gasteiger partial charge on any atom is 0.165 e. The number of hydrogen-bond acceptors (Lipinski definition) is 2. The molecule has 21 heavy (non-hydrogen) atoms. The van der Waals surface area contributed by atoms with E-state index in [0.717, 1.165) is 17.7 Å². The number of anilines is 1. The van der Waals surface area contributed by atoms with Crippen LogP contribution in [-0.2, 0) is 4.79 Å². The van der Waals surface area contributed by atoms with Gasteiger partial charge in [-0.1, -0.05) is 44.2 Å². The van der Waals surface area contributed by atoms with Gasteiger partial charge in [0.2, 0.25) is 0 Å². The predicted octanol–water partition coefficient (Wildman–Crippen LogP) is 4.48. The van der Waals surface area contributed by atoms with Gasteiger partial charge in [0.15, 0.2) is 5.78 Å². The van der Waals surface area contributed by atoms with E-state index in [2.05, 4.69) is 62.9 Å². The minimum atomic E-state index is -0.117. The first kappa shape index (κ1) is 14.1. The van der Waals surface area contributed by atoms with Crippen molar-refractivity contribution in [1.29, 1.82) is 0 Å². The van der Waals surface area contributed by atoms with Crippen molar-refractivity contribution >= 4 is 11.5 Å². The van der Waals surface area contributed by atoms with Gasteiger partial charge in [-0.15, -0.1) is 0 Å². The van der Waals surface area contributed by atoms with Crippen LogP contribution < -0.4 is 4.90 Å². The molecule has 0 fully saturated rings. The van der Waals surface area contributed by atoms with Crippen LogP contribution in [0, 0.1) is 5.41 Å². The number of para-hydroxylation sites is 1. The Balaban J connectivity index is 2.16. The number of carbonyl (C=O) groups is 1. The Morgan fingerprint density at radius 2 is 1.67 bits per heavy atom. The first-order valence-corrected chi connectivity index (χ1v) is 7.61. The van der Waals surface area contributed by atoms with Crippen LogP contribution >= 0.6 is 0 Å². The number of rotatable bonds is 1. The lowest BCUT2D eigenvalue weighted by atomic mass is 9.73. The van der Waals surface area contributed by atoms with Crippen molar-refractivity contribution in [2.75, 3.05) is 4.90 Å². The Bertz CT molecular complexity index is 635. The Morgan fingerprint density at radius 1 is 1.00 bits per heavy atom. The highest BCUT2D eigenvalue weighted by Gasteiger charge is 2.40. The molecule has 1 aliphatic carbocycles. The van der Waals surface area contributed by atoms with Crippen LogP contribution in [-0.4, -0.2) is 11.3 Å². The molecular weight excluding hydrogens is 258 g/mol. The van der Waals surface area contributed by atoms with Crippen molar-refractivity contribution in [2.24, 2.45) is 5.41 Å². The van der Waals surface area contributed by atoms with Gasteiger partial charge in [-0.3, -0.25) is 4.79 Å². The average Bonchev–Trinajstić information content (AvgIpc) is 2.37. The highest BCUT2D eigenvalue weighted by atomic mass is 16.1. The summed E-state index contributed by atoms with van der Waals surface area (Å²) in [7, 11) is 0. The maximum absolute atomic E-state index is 12.5. The van der Waals surface area contributed by atoms with Gasteiger partial charge >= 0.3 is 0 Å². The van der Waals surface area contributed by atoms with Gasteiger partial charge in [0, 0.05) is 23.4 Å². The summed E-state index contributed by atoms with van der Waals surface area (Å²) in [6, 6.07) is 10.4. The molecule has 0 N–H and O–H groups in total. The van der Waals surface area contributed by atoms with Gasteiger partial charge in [-0.25, -0.2) is 0 Å². The second-order valence-electron chi connectivity index (χ2n) is 7.46. The summed E-state index contributed by atoms with van der Waals surface area (Å²) in [5.41, 5.74) is 3.15. The summed E-state index contributed by atoms with van der Waals surface area (Å²) < 4.78 is 0. The first-order valence-electron chi connectivity index (χ1n) is 7.61. The van der Waals surface area contributed by atoms with Crippen molar-refractivity contribution in [1.82, 2.24) is 0 Å². The molecule has 2 nitrogen and oxygen atoms in total. The molecule has 1 aliphatic heterocycles. The number of carbonyl (C=O) groups excluding carboxylic acids is 1. The Morgan fingerprint density at radius 3 is 2.33 bits per heavy atom. The summed E-state index contributed by atoms with van der Waals surface area (Å²) in [6.45, 7) is 8.77. The van der Waals surface area contributed by atoms with Gasteiger partial charge in [-0.2, -0.15) is 0 Å². The highest BCUT2D eigenvalue weighted by molar-refractivity contribution is 6.01. The van der Waals surface area contributed by atoms with E-state index in [0.29, 0.717) is 6.42 Å². The van der Waals surface area contributed by atoms with Crippen LogP contribution in [0.5, 0.6) is 0 Å². The zero-order chi connectivity index (χ0) is 15.3. The molecule has 0 radical (unpaired) electrons. The minimum absolute atomic E-state index is 0.0320. The molecule has 0 saturated carbocycles. The standard InChI is InChI=1S/C19H23NO/c1-18(2)12-16-15(17(21)13-18)10-11-19(3,4)20(16)14-8-6-5-7-9-14/h5-11H,12-13H2,1-4H3. The molecular formula is C19H23NO. The van der Waals surface area contributed by atoms with E-state index in [1.165, 1.54) is 5.70 Å². The predicted molar refractivity (Wildman–Crippen MR) is 87.2 cm³/mol. The van der Waals surface area contributed by atoms with E-state index in [9.17, 15) is 4.79 Å². The lowest BCUT2D eigenvalue weighted by molar-refractivity contribution is -0.117. The third-order valence-corrected chi connectivity index (χ3v) is 4.41. The smallest absolute Gasteiger partial charge is 0.165 e. The van der Waals surface area contributed by atoms with Crippen LogP contribution in [0.4, 0.5) is 5.69 Å². The van der Waals surface area contributed by atoms with E-state index < -0.39 is 0 Å². The van der Waals surface area contributed by atoms with E-state index >= 15 is 0 Å². The SMILES string of the molecule is CC1(C)CC(=O)C2=C(C1)N(c1ccccc1)C(C)(C)C=C2. The number of nitrogens with zero attached hydrogens (tertiary/aromatic N) is 1. The third-order valence-electron chi connectivity index (χ3n) is 4.41. The Kier molecular flexibility index (Phi) is 3.09.